The van der Waals surface area contributed by atoms with E-state index >= 15 is 0 Å². The Labute approximate surface area is 131 Å². The second-order valence-corrected chi connectivity index (χ2v) is 5.88. The number of hydrogen-bond acceptors (Lipinski definition) is 5. The quantitative estimate of drug-likeness (QED) is 0.749. The molecule has 0 radical (unpaired) electrons. The number of para-hydroxylation sites is 2. The molecule has 0 aliphatic rings. The number of aryl methyl sites for hydroxylation is 2. The molecule has 0 aliphatic carbocycles. The molecule has 2 heterocycles. The Morgan fingerprint density at radius 2 is 2.14 bits per heavy atom. The minimum Gasteiger partial charge on any atom is -0.431 e. The van der Waals surface area contributed by atoms with Crippen LogP contribution in [0.4, 0.5) is 5.69 Å². The molecule has 7 heteroatoms. The van der Waals surface area contributed by atoms with Crippen LogP contribution in [-0.2, 0) is 11.8 Å². The summed E-state index contributed by atoms with van der Waals surface area (Å²) in [7, 11) is 1.85. The number of anilines is 1. The molecule has 0 saturated carbocycles. The van der Waals surface area contributed by atoms with Crippen LogP contribution >= 0.6 is 11.8 Å². The first kappa shape index (κ1) is 14.6. The van der Waals surface area contributed by atoms with Crippen LogP contribution in [0.1, 0.15) is 11.4 Å². The first-order chi connectivity index (χ1) is 10.5. The van der Waals surface area contributed by atoms with E-state index < -0.39 is 0 Å². The van der Waals surface area contributed by atoms with E-state index in [4.69, 9.17) is 4.42 Å². The van der Waals surface area contributed by atoms with Gasteiger partial charge >= 0.3 is 0 Å². The molecule has 0 bridgehead atoms. The van der Waals surface area contributed by atoms with Crippen LogP contribution in [0, 0.1) is 13.8 Å². The predicted octanol–water partition coefficient (Wildman–Crippen LogP) is 2.91. The number of thioether (sulfide) groups is 1. The zero-order chi connectivity index (χ0) is 15.7. The minimum atomic E-state index is -0.105. The zero-order valence-corrected chi connectivity index (χ0v) is 13.4. The molecule has 0 fully saturated rings. The van der Waals surface area contributed by atoms with Crippen molar-refractivity contribution in [3.63, 3.8) is 0 Å². The maximum Gasteiger partial charge on any atom is 0.257 e. The van der Waals surface area contributed by atoms with E-state index in [0.717, 1.165) is 28.2 Å². The third-order valence-corrected chi connectivity index (χ3v) is 4.20. The molecular weight excluding hydrogens is 300 g/mol. The summed E-state index contributed by atoms with van der Waals surface area (Å²) in [5.74, 6) is 0.132. The third-order valence-electron chi connectivity index (χ3n) is 3.37. The molecule has 6 nitrogen and oxygen atoms in total. The molecule has 0 unspecified atom stereocenters. The van der Waals surface area contributed by atoms with Gasteiger partial charge in [-0.3, -0.25) is 9.48 Å². The Bertz CT molecular complexity index is 804. The molecule has 0 atom stereocenters. The number of carbonyl (C=O) groups is 1. The minimum absolute atomic E-state index is 0.105. The third kappa shape index (κ3) is 2.85. The van der Waals surface area contributed by atoms with Crippen molar-refractivity contribution in [1.29, 1.82) is 0 Å². The van der Waals surface area contributed by atoms with E-state index in [-0.39, 0.29) is 11.7 Å². The highest BCUT2D eigenvalue weighted by Gasteiger charge is 2.14. The lowest BCUT2D eigenvalue weighted by atomic mass is 10.3. The van der Waals surface area contributed by atoms with E-state index in [1.165, 1.54) is 11.8 Å². The normalized spacial score (nSPS) is 11.0. The number of benzene rings is 1. The molecule has 1 aromatic carbocycles. The van der Waals surface area contributed by atoms with Gasteiger partial charge in [-0.15, -0.1) is 0 Å². The van der Waals surface area contributed by atoms with Crippen LogP contribution in [0.2, 0.25) is 0 Å². The van der Waals surface area contributed by atoms with Crippen LogP contribution < -0.4 is 5.32 Å². The molecule has 1 amide bonds. The highest BCUT2D eigenvalue weighted by molar-refractivity contribution is 7.99. The molecule has 0 saturated heterocycles. The SMILES string of the molecule is Cc1nn(C)c(C)c1NC(=O)CSc1nc2ccccc2o1. The molecule has 3 rings (SSSR count). The fraction of sp³-hybridized carbons (Fsp3) is 0.267. The zero-order valence-electron chi connectivity index (χ0n) is 12.6. The first-order valence-corrected chi connectivity index (χ1v) is 7.81. The number of nitrogens with one attached hydrogen (secondary N) is 1. The van der Waals surface area contributed by atoms with Gasteiger partial charge in [0.15, 0.2) is 5.58 Å². The number of hydrogen-bond donors (Lipinski definition) is 1. The van der Waals surface area contributed by atoms with Crippen molar-refractivity contribution >= 4 is 34.5 Å². The Balaban J connectivity index is 1.64. The van der Waals surface area contributed by atoms with Crippen LogP contribution in [-0.4, -0.2) is 26.4 Å². The standard InChI is InChI=1S/C15H16N4O2S/c1-9-14(10(2)19(3)18-9)17-13(20)8-22-15-16-11-6-4-5-7-12(11)21-15/h4-7H,8H2,1-3H3,(H,17,20). The lowest BCUT2D eigenvalue weighted by Crippen LogP contribution is -2.15. The fourth-order valence-corrected chi connectivity index (χ4v) is 2.81. The van der Waals surface area contributed by atoms with Crippen molar-refractivity contribution in [3.05, 3.63) is 35.7 Å². The van der Waals surface area contributed by atoms with Gasteiger partial charge in [-0.2, -0.15) is 5.10 Å². The molecule has 1 N–H and O–H groups in total. The maximum absolute atomic E-state index is 12.1. The average Bonchev–Trinajstić information content (AvgIpc) is 3.01. The van der Waals surface area contributed by atoms with E-state index in [9.17, 15) is 4.79 Å². The van der Waals surface area contributed by atoms with Gasteiger partial charge in [0.05, 0.1) is 22.8 Å². The lowest BCUT2D eigenvalue weighted by molar-refractivity contribution is -0.113. The van der Waals surface area contributed by atoms with Crippen LogP contribution in [0.25, 0.3) is 11.1 Å². The largest absolute Gasteiger partial charge is 0.431 e. The van der Waals surface area contributed by atoms with Gasteiger partial charge in [0.2, 0.25) is 5.91 Å². The van der Waals surface area contributed by atoms with Crippen LogP contribution in [0.5, 0.6) is 0 Å². The van der Waals surface area contributed by atoms with Crippen molar-refractivity contribution in [2.24, 2.45) is 7.05 Å². The summed E-state index contributed by atoms with van der Waals surface area (Å²) in [4.78, 5) is 16.4. The molecule has 3 aromatic rings. The maximum atomic E-state index is 12.1. The van der Waals surface area contributed by atoms with Crippen molar-refractivity contribution < 1.29 is 9.21 Å². The van der Waals surface area contributed by atoms with Crippen LogP contribution in [0.15, 0.2) is 33.9 Å². The molecule has 2 aromatic heterocycles. The molecule has 22 heavy (non-hydrogen) atoms. The second-order valence-electron chi connectivity index (χ2n) is 4.95. The first-order valence-electron chi connectivity index (χ1n) is 6.83. The van der Waals surface area contributed by atoms with Gasteiger partial charge in [-0.05, 0) is 26.0 Å². The topological polar surface area (TPSA) is 73.0 Å². The Morgan fingerprint density at radius 3 is 2.82 bits per heavy atom. The number of amides is 1. The highest BCUT2D eigenvalue weighted by Crippen LogP contribution is 2.24. The van der Waals surface area contributed by atoms with Gasteiger partial charge < -0.3 is 9.73 Å². The van der Waals surface area contributed by atoms with E-state index in [2.05, 4.69) is 15.4 Å². The number of rotatable bonds is 4. The summed E-state index contributed by atoms with van der Waals surface area (Å²) < 4.78 is 7.32. The molecule has 114 valence electrons. The molecule has 0 spiro atoms. The fourth-order valence-electron chi connectivity index (χ4n) is 2.17. The second kappa shape index (κ2) is 5.84. The molecular formula is C15H16N4O2S. The Morgan fingerprint density at radius 1 is 1.36 bits per heavy atom. The van der Waals surface area contributed by atoms with Crippen molar-refractivity contribution in [2.45, 2.75) is 19.1 Å². The summed E-state index contributed by atoms with van der Waals surface area (Å²) in [5, 5.41) is 7.66. The van der Waals surface area contributed by atoms with Gasteiger partial charge in [0.25, 0.3) is 5.22 Å². The average molecular weight is 316 g/mol. The Kier molecular flexibility index (Phi) is 3.89. The lowest BCUT2D eigenvalue weighted by Gasteiger charge is -2.04. The van der Waals surface area contributed by atoms with Crippen molar-refractivity contribution in [1.82, 2.24) is 14.8 Å². The van der Waals surface area contributed by atoms with Gasteiger partial charge in [-0.1, -0.05) is 23.9 Å². The number of carbonyl (C=O) groups excluding carboxylic acids is 1. The number of aromatic nitrogens is 3. The van der Waals surface area contributed by atoms with E-state index in [1.54, 1.807) is 4.68 Å². The number of nitrogens with zero attached hydrogens (tertiary/aromatic N) is 3. The van der Waals surface area contributed by atoms with E-state index in [0.29, 0.717) is 5.22 Å². The van der Waals surface area contributed by atoms with E-state index in [1.807, 2.05) is 45.2 Å². The summed E-state index contributed by atoms with van der Waals surface area (Å²) >= 11 is 1.28. The highest BCUT2D eigenvalue weighted by atomic mass is 32.2. The summed E-state index contributed by atoms with van der Waals surface area (Å²) in [6.45, 7) is 3.79. The van der Waals surface area contributed by atoms with Crippen molar-refractivity contribution in [3.8, 4) is 0 Å². The summed E-state index contributed by atoms with van der Waals surface area (Å²) in [5.41, 5.74) is 4.03. The monoisotopic (exact) mass is 316 g/mol. The van der Waals surface area contributed by atoms with Gasteiger partial charge in [-0.25, -0.2) is 4.98 Å². The Hall–Kier alpha value is -2.28. The van der Waals surface area contributed by atoms with Crippen LogP contribution in [0.3, 0.4) is 0 Å². The van der Waals surface area contributed by atoms with Gasteiger partial charge in [0.1, 0.15) is 5.52 Å². The number of fused-ring (bicyclic) bond motifs is 1. The number of oxazole rings is 1. The van der Waals surface area contributed by atoms with Crippen molar-refractivity contribution in [2.75, 3.05) is 11.1 Å². The smallest absolute Gasteiger partial charge is 0.257 e. The summed E-state index contributed by atoms with van der Waals surface area (Å²) in [6.07, 6.45) is 0. The molecule has 0 aliphatic heterocycles. The predicted molar refractivity (Wildman–Crippen MR) is 86.0 cm³/mol. The van der Waals surface area contributed by atoms with Gasteiger partial charge in [0, 0.05) is 7.05 Å². The summed E-state index contributed by atoms with van der Waals surface area (Å²) in [6, 6.07) is 7.53.